The van der Waals surface area contributed by atoms with E-state index < -0.39 is 10.1 Å². The quantitative estimate of drug-likeness (QED) is 0.487. The van der Waals surface area contributed by atoms with Crippen molar-refractivity contribution in [2.75, 3.05) is 12.3 Å². The Labute approximate surface area is 105 Å². The lowest BCUT2D eigenvalue weighted by Crippen LogP contribution is -2.41. The van der Waals surface area contributed by atoms with E-state index in [2.05, 4.69) is 25.9 Å². The molecule has 2 rings (SSSR count). The number of tetrazole rings is 1. The largest absolute Gasteiger partial charge is 0.305 e. The minimum absolute atomic E-state index is 0.234. The minimum Gasteiger partial charge on any atom is -0.305 e. The molecule has 0 bridgehead atoms. The van der Waals surface area contributed by atoms with E-state index in [-0.39, 0.29) is 11.3 Å². The fourth-order valence-electron chi connectivity index (χ4n) is 2.40. The first-order valence-electron chi connectivity index (χ1n) is 5.96. The maximum atomic E-state index is 10.6. The van der Waals surface area contributed by atoms with Gasteiger partial charge in [-0.25, -0.2) is 0 Å². The molecule has 1 saturated carbocycles. The van der Waals surface area contributed by atoms with E-state index in [1.165, 1.54) is 0 Å². The molecule has 0 amide bonds. The first-order chi connectivity index (χ1) is 8.52. The lowest BCUT2D eigenvalue weighted by molar-refractivity contribution is 0.322. The van der Waals surface area contributed by atoms with Crippen molar-refractivity contribution in [3.8, 4) is 0 Å². The molecule has 0 atom stereocenters. The van der Waals surface area contributed by atoms with Crippen LogP contribution in [0.5, 0.6) is 0 Å². The van der Waals surface area contributed by atoms with Crippen LogP contribution in [0.25, 0.3) is 0 Å². The fourth-order valence-corrected chi connectivity index (χ4v) is 2.91. The van der Waals surface area contributed by atoms with Crippen molar-refractivity contribution < 1.29 is 13.0 Å². The van der Waals surface area contributed by atoms with Gasteiger partial charge in [-0.05, 0) is 25.8 Å². The number of H-pyrrole nitrogens is 1. The van der Waals surface area contributed by atoms with Crippen molar-refractivity contribution in [1.29, 1.82) is 0 Å². The zero-order valence-electron chi connectivity index (χ0n) is 9.96. The molecule has 0 aromatic carbocycles. The highest BCUT2D eigenvalue weighted by atomic mass is 32.2. The average Bonchev–Trinajstić information content (AvgIpc) is 2.94. The number of nitrogens with one attached hydrogen (secondary N) is 2. The maximum Gasteiger partial charge on any atom is 0.264 e. The topological polar surface area (TPSA) is 121 Å². The van der Waals surface area contributed by atoms with E-state index in [4.69, 9.17) is 4.55 Å². The van der Waals surface area contributed by atoms with Crippen LogP contribution in [-0.2, 0) is 15.7 Å². The van der Waals surface area contributed by atoms with Crippen LogP contribution in [0.2, 0.25) is 0 Å². The predicted octanol–water partition coefficient (Wildman–Crippen LogP) is -0.163. The summed E-state index contributed by atoms with van der Waals surface area (Å²) in [5.74, 6) is 0.398. The van der Waals surface area contributed by atoms with Crippen molar-refractivity contribution in [2.45, 2.75) is 37.6 Å². The highest BCUT2D eigenvalue weighted by Crippen LogP contribution is 2.36. The van der Waals surface area contributed by atoms with Gasteiger partial charge in [0.25, 0.3) is 10.1 Å². The number of rotatable bonds is 6. The Morgan fingerprint density at radius 2 is 2.11 bits per heavy atom. The average molecular weight is 275 g/mol. The summed E-state index contributed by atoms with van der Waals surface area (Å²) in [6, 6.07) is 0. The van der Waals surface area contributed by atoms with Crippen LogP contribution in [0.4, 0.5) is 0 Å². The van der Waals surface area contributed by atoms with Crippen LogP contribution >= 0.6 is 0 Å². The lowest BCUT2D eigenvalue weighted by Gasteiger charge is -2.26. The van der Waals surface area contributed by atoms with Gasteiger partial charge in [0, 0.05) is 0 Å². The van der Waals surface area contributed by atoms with Crippen molar-refractivity contribution in [2.24, 2.45) is 0 Å². The van der Waals surface area contributed by atoms with Gasteiger partial charge in [-0.2, -0.15) is 13.6 Å². The summed E-state index contributed by atoms with van der Waals surface area (Å²) in [6.45, 7) is 0.494. The second-order valence-electron chi connectivity index (χ2n) is 4.59. The number of hydrogen-bond acceptors (Lipinski definition) is 6. The van der Waals surface area contributed by atoms with Gasteiger partial charge in [-0.15, -0.1) is 10.2 Å². The zero-order chi connectivity index (χ0) is 13.1. The molecular weight excluding hydrogens is 258 g/mol. The Hall–Kier alpha value is -1.06. The van der Waals surface area contributed by atoms with Crippen molar-refractivity contribution in [3.63, 3.8) is 0 Å². The minimum atomic E-state index is -3.88. The van der Waals surface area contributed by atoms with Gasteiger partial charge >= 0.3 is 0 Å². The Bertz CT molecular complexity index is 466. The molecule has 3 N–H and O–H groups in total. The fraction of sp³-hybridized carbons (Fsp3) is 0.889. The number of hydrogen-bond donors (Lipinski definition) is 3. The molecule has 1 aromatic rings. The Morgan fingerprint density at radius 1 is 1.39 bits per heavy atom. The number of nitrogens with zero attached hydrogens (tertiary/aromatic N) is 3. The van der Waals surface area contributed by atoms with Gasteiger partial charge in [0.2, 0.25) is 0 Å². The van der Waals surface area contributed by atoms with Crippen molar-refractivity contribution in [1.82, 2.24) is 25.9 Å². The number of aromatic nitrogens is 4. The summed E-state index contributed by atoms with van der Waals surface area (Å²) in [6.07, 6.45) is 4.36. The molecule has 0 aliphatic heterocycles. The second-order valence-corrected chi connectivity index (χ2v) is 6.16. The molecule has 9 heteroatoms. The van der Waals surface area contributed by atoms with E-state index >= 15 is 0 Å². The maximum absolute atomic E-state index is 10.6. The summed E-state index contributed by atoms with van der Waals surface area (Å²) in [7, 11) is -3.88. The van der Waals surface area contributed by atoms with E-state index in [9.17, 15) is 8.42 Å². The molecule has 8 nitrogen and oxygen atoms in total. The Kier molecular flexibility index (Phi) is 3.93. The first-order valence-corrected chi connectivity index (χ1v) is 7.57. The molecular formula is C9H17N5O3S. The summed E-state index contributed by atoms with van der Waals surface area (Å²) in [4.78, 5) is 0. The van der Waals surface area contributed by atoms with Crippen LogP contribution < -0.4 is 5.32 Å². The van der Waals surface area contributed by atoms with Gasteiger partial charge in [-0.3, -0.25) is 4.55 Å². The molecule has 0 radical (unpaired) electrons. The standard InChI is InChI=1S/C9H17N5O3S/c15-18(16,17)7-3-6-10-9(4-1-2-5-9)8-11-13-14-12-8/h10H,1-7H2,(H,15,16,17)(H,11,12,13,14). The molecule has 0 spiro atoms. The monoisotopic (exact) mass is 275 g/mol. The highest BCUT2D eigenvalue weighted by Gasteiger charge is 2.38. The lowest BCUT2D eigenvalue weighted by atomic mass is 9.96. The third-order valence-electron chi connectivity index (χ3n) is 3.27. The van der Waals surface area contributed by atoms with E-state index in [0.29, 0.717) is 18.8 Å². The van der Waals surface area contributed by atoms with Crippen LogP contribution in [0.3, 0.4) is 0 Å². The van der Waals surface area contributed by atoms with Crippen LogP contribution in [0.1, 0.15) is 37.9 Å². The van der Waals surface area contributed by atoms with Crippen molar-refractivity contribution in [3.05, 3.63) is 5.82 Å². The molecule has 1 aromatic heterocycles. The van der Waals surface area contributed by atoms with Gasteiger partial charge in [-0.1, -0.05) is 18.1 Å². The van der Waals surface area contributed by atoms with E-state index in [1.807, 2.05) is 0 Å². The van der Waals surface area contributed by atoms with Crippen molar-refractivity contribution >= 4 is 10.1 Å². The van der Waals surface area contributed by atoms with Crippen LogP contribution in [-0.4, -0.2) is 45.9 Å². The van der Waals surface area contributed by atoms with Gasteiger partial charge in [0.05, 0.1) is 11.3 Å². The third-order valence-corrected chi connectivity index (χ3v) is 4.08. The molecule has 0 unspecified atom stereocenters. The van der Waals surface area contributed by atoms with Crippen LogP contribution in [0, 0.1) is 0 Å². The highest BCUT2D eigenvalue weighted by molar-refractivity contribution is 7.85. The molecule has 1 fully saturated rings. The summed E-state index contributed by atoms with van der Waals surface area (Å²) >= 11 is 0. The summed E-state index contributed by atoms with van der Waals surface area (Å²) < 4.78 is 29.9. The van der Waals surface area contributed by atoms with Gasteiger partial charge in [0.1, 0.15) is 0 Å². The van der Waals surface area contributed by atoms with E-state index in [0.717, 1.165) is 25.7 Å². The molecule has 0 saturated heterocycles. The van der Waals surface area contributed by atoms with Gasteiger partial charge in [0.15, 0.2) is 5.82 Å². The third kappa shape index (κ3) is 3.24. The Morgan fingerprint density at radius 3 is 2.67 bits per heavy atom. The normalized spacial score (nSPS) is 19.2. The number of aromatic amines is 1. The second kappa shape index (κ2) is 5.29. The molecule has 1 heterocycles. The molecule has 1 aliphatic carbocycles. The van der Waals surface area contributed by atoms with E-state index in [1.54, 1.807) is 0 Å². The predicted molar refractivity (Wildman–Crippen MR) is 63.4 cm³/mol. The molecule has 18 heavy (non-hydrogen) atoms. The smallest absolute Gasteiger partial charge is 0.264 e. The van der Waals surface area contributed by atoms with Crippen LogP contribution in [0.15, 0.2) is 0 Å². The van der Waals surface area contributed by atoms with Gasteiger partial charge < -0.3 is 5.32 Å². The summed E-state index contributed by atoms with van der Waals surface area (Å²) in [5.41, 5.74) is -0.299. The first kappa shape index (κ1) is 13.4. The SMILES string of the molecule is O=S(=O)(O)CCCNC1(c2nn[nH]n2)CCCC1. The molecule has 102 valence electrons. The Balaban J connectivity index is 1.92. The summed E-state index contributed by atoms with van der Waals surface area (Å²) in [5, 5.41) is 17.4. The zero-order valence-corrected chi connectivity index (χ0v) is 10.8. The molecule has 1 aliphatic rings.